The molecule has 0 aromatic heterocycles. The van der Waals surface area contributed by atoms with Gasteiger partial charge in [0.1, 0.15) is 17.2 Å². The smallest absolute Gasteiger partial charge is 0.344 e. The average Bonchev–Trinajstić information content (AvgIpc) is 2.67. The summed E-state index contributed by atoms with van der Waals surface area (Å²) < 4.78 is 31.9. The maximum Gasteiger partial charge on any atom is 0.344 e. The maximum atomic E-state index is 13.5. The van der Waals surface area contributed by atoms with Crippen molar-refractivity contribution in [1.29, 1.82) is 0 Å². The van der Waals surface area contributed by atoms with Crippen LogP contribution >= 0.6 is 0 Å². The zero-order valence-corrected chi connectivity index (χ0v) is 14.3. The molecule has 1 fully saturated rings. The topological polar surface area (TPSA) is 43.4 Å². The predicted molar refractivity (Wildman–Crippen MR) is 93.2 cm³/mol. The molecule has 0 aliphatic heterocycles. The second-order valence-corrected chi connectivity index (χ2v) is 6.55. The van der Waals surface area contributed by atoms with Gasteiger partial charge in [-0.25, -0.2) is 13.6 Å². The normalized spacial score (nSPS) is 14.8. The highest BCUT2D eigenvalue weighted by Crippen LogP contribution is 2.32. The van der Waals surface area contributed by atoms with Gasteiger partial charge < -0.3 is 4.74 Å². The number of carbonyl (C=O) groups excluding carboxylic acids is 2. The van der Waals surface area contributed by atoms with Gasteiger partial charge in [-0.2, -0.15) is 0 Å². The molecule has 0 atom stereocenters. The summed E-state index contributed by atoms with van der Waals surface area (Å²) in [6.45, 7) is -0.560. The van der Waals surface area contributed by atoms with Crippen molar-refractivity contribution in [2.45, 2.75) is 38.0 Å². The van der Waals surface area contributed by atoms with E-state index in [0.717, 1.165) is 18.2 Å². The standard InChI is InChI=1S/C21H20F2O3/c22-17-7-4-8-18(23)20(17)21(25)26-13-19(24)16-11-9-15(10-12-16)14-5-2-1-3-6-14/h4,7-12,14H,1-3,5-6,13H2. The number of esters is 1. The molecular formula is C21H20F2O3. The Kier molecular flexibility index (Phi) is 5.76. The third-order valence-electron chi connectivity index (χ3n) is 4.81. The van der Waals surface area contributed by atoms with Crippen LogP contribution in [0.5, 0.6) is 0 Å². The molecule has 5 heteroatoms. The highest BCUT2D eigenvalue weighted by atomic mass is 19.1. The SMILES string of the molecule is O=C(COC(=O)c1c(F)cccc1F)c1ccc(C2CCCCC2)cc1. The summed E-state index contributed by atoms with van der Waals surface area (Å²) >= 11 is 0. The molecule has 3 nitrogen and oxygen atoms in total. The number of ketones is 1. The van der Waals surface area contributed by atoms with Crippen LogP contribution in [-0.4, -0.2) is 18.4 Å². The van der Waals surface area contributed by atoms with Crippen LogP contribution in [0, 0.1) is 11.6 Å². The van der Waals surface area contributed by atoms with E-state index in [4.69, 9.17) is 4.74 Å². The van der Waals surface area contributed by atoms with Gasteiger partial charge in [0, 0.05) is 5.56 Å². The van der Waals surface area contributed by atoms with Crippen molar-refractivity contribution in [3.8, 4) is 0 Å². The minimum atomic E-state index is -1.19. The molecule has 1 saturated carbocycles. The average molecular weight is 358 g/mol. The Balaban J connectivity index is 1.60. The molecule has 26 heavy (non-hydrogen) atoms. The molecule has 0 heterocycles. The minimum absolute atomic E-state index is 0.409. The Morgan fingerprint density at radius 2 is 1.54 bits per heavy atom. The maximum absolute atomic E-state index is 13.5. The van der Waals surface area contributed by atoms with Gasteiger partial charge in [-0.05, 0) is 36.5 Å². The van der Waals surface area contributed by atoms with E-state index < -0.39 is 35.6 Å². The van der Waals surface area contributed by atoms with Crippen LogP contribution in [0.1, 0.15) is 64.3 Å². The van der Waals surface area contributed by atoms with Gasteiger partial charge >= 0.3 is 5.97 Å². The summed E-state index contributed by atoms with van der Waals surface area (Å²) in [4.78, 5) is 24.0. The number of hydrogen-bond acceptors (Lipinski definition) is 3. The number of Topliss-reactive ketones (excluding diaryl/α,β-unsaturated/α-hetero) is 1. The van der Waals surface area contributed by atoms with Crippen LogP contribution in [0.4, 0.5) is 8.78 Å². The fourth-order valence-electron chi connectivity index (χ4n) is 3.36. The van der Waals surface area contributed by atoms with Crippen molar-refractivity contribution in [2.75, 3.05) is 6.61 Å². The molecule has 0 amide bonds. The van der Waals surface area contributed by atoms with Crippen LogP contribution in [0.2, 0.25) is 0 Å². The molecule has 0 saturated heterocycles. The van der Waals surface area contributed by atoms with Gasteiger partial charge in [-0.3, -0.25) is 4.79 Å². The molecule has 0 unspecified atom stereocenters. The molecule has 2 aromatic carbocycles. The summed E-state index contributed by atoms with van der Waals surface area (Å²) in [5, 5.41) is 0. The summed E-state index contributed by atoms with van der Waals surface area (Å²) in [5.74, 6) is -3.09. The van der Waals surface area contributed by atoms with E-state index in [1.807, 2.05) is 12.1 Å². The molecular weight excluding hydrogens is 338 g/mol. The van der Waals surface area contributed by atoms with Crippen molar-refractivity contribution in [2.24, 2.45) is 0 Å². The largest absolute Gasteiger partial charge is 0.454 e. The predicted octanol–water partition coefficient (Wildman–Crippen LogP) is 5.05. The summed E-state index contributed by atoms with van der Waals surface area (Å²) in [6, 6.07) is 10.4. The molecule has 1 aliphatic carbocycles. The Morgan fingerprint density at radius 1 is 0.923 bits per heavy atom. The fourth-order valence-corrected chi connectivity index (χ4v) is 3.36. The highest BCUT2D eigenvalue weighted by Gasteiger charge is 2.20. The van der Waals surface area contributed by atoms with Crippen molar-refractivity contribution >= 4 is 11.8 Å². The van der Waals surface area contributed by atoms with Crippen LogP contribution < -0.4 is 0 Å². The first kappa shape index (κ1) is 18.2. The summed E-state index contributed by atoms with van der Waals surface area (Å²) in [6.07, 6.45) is 6.07. The van der Waals surface area contributed by atoms with Gasteiger partial charge in [0.05, 0.1) is 0 Å². The third kappa shape index (κ3) is 4.15. The van der Waals surface area contributed by atoms with Crippen molar-refractivity contribution in [1.82, 2.24) is 0 Å². The number of rotatable bonds is 5. The second kappa shape index (κ2) is 8.21. The number of benzene rings is 2. The van der Waals surface area contributed by atoms with Gasteiger partial charge in [0.25, 0.3) is 0 Å². The van der Waals surface area contributed by atoms with E-state index in [9.17, 15) is 18.4 Å². The Hall–Kier alpha value is -2.56. The molecule has 1 aliphatic rings. The molecule has 3 rings (SSSR count). The highest BCUT2D eigenvalue weighted by molar-refractivity contribution is 5.99. The molecule has 0 bridgehead atoms. The molecule has 0 N–H and O–H groups in total. The first-order valence-corrected chi connectivity index (χ1v) is 8.80. The van der Waals surface area contributed by atoms with Crippen LogP contribution in [-0.2, 0) is 4.74 Å². The first-order chi connectivity index (χ1) is 12.6. The minimum Gasteiger partial charge on any atom is -0.454 e. The van der Waals surface area contributed by atoms with Gasteiger partial charge in [-0.1, -0.05) is 49.6 Å². The number of hydrogen-bond donors (Lipinski definition) is 0. The molecule has 2 aromatic rings. The van der Waals surface area contributed by atoms with Crippen LogP contribution in [0.15, 0.2) is 42.5 Å². The van der Waals surface area contributed by atoms with Crippen molar-refractivity contribution in [3.63, 3.8) is 0 Å². The summed E-state index contributed by atoms with van der Waals surface area (Å²) in [7, 11) is 0. The molecule has 0 radical (unpaired) electrons. The van der Waals surface area contributed by atoms with E-state index in [1.165, 1.54) is 37.7 Å². The van der Waals surface area contributed by atoms with Gasteiger partial charge in [-0.15, -0.1) is 0 Å². The van der Waals surface area contributed by atoms with Crippen LogP contribution in [0.3, 0.4) is 0 Å². The number of halogens is 2. The van der Waals surface area contributed by atoms with Crippen molar-refractivity contribution in [3.05, 3.63) is 70.8 Å². The van der Waals surface area contributed by atoms with E-state index in [-0.39, 0.29) is 0 Å². The van der Waals surface area contributed by atoms with E-state index in [2.05, 4.69) is 0 Å². The lowest BCUT2D eigenvalue weighted by Crippen LogP contribution is -2.16. The summed E-state index contributed by atoms with van der Waals surface area (Å²) in [5.41, 5.74) is 0.839. The first-order valence-electron chi connectivity index (χ1n) is 8.80. The zero-order chi connectivity index (χ0) is 18.5. The zero-order valence-electron chi connectivity index (χ0n) is 14.3. The lowest BCUT2D eigenvalue weighted by Gasteiger charge is -2.22. The Morgan fingerprint density at radius 3 is 2.15 bits per heavy atom. The monoisotopic (exact) mass is 358 g/mol. The van der Waals surface area contributed by atoms with Gasteiger partial charge in [0.2, 0.25) is 0 Å². The number of carbonyl (C=O) groups is 2. The number of ether oxygens (including phenoxy) is 1. The Labute approximate surface area is 151 Å². The van der Waals surface area contributed by atoms with Gasteiger partial charge in [0.15, 0.2) is 12.4 Å². The van der Waals surface area contributed by atoms with Crippen molar-refractivity contribution < 1.29 is 23.1 Å². The van der Waals surface area contributed by atoms with Crippen LogP contribution in [0.25, 0.3) is 0 Å². The van der Waals surface area contributed by atoms with E-state index >= 15 is 0 Å². The van der Waals surface area contributed by atoms with E-state index in [0.29, 0.717) is 11.5 Å². The lowest BCUT2D eigenvalue weighted by molar-refractivity contribution is 0.0465. The second-order valence-electron chi connectivity index (χ2n) is 6.55. The quantitative estimate of drug-likeness (QED) is 0.555. The molecule has 136 valence electrons. The third-order valence-corrected chi connectivity index (χ3v) is 4.81. The Bertz CT molecular complexity index is 773. The molecule has 0 spiro atoms. The van der Waals surface area contributed by atoms with E-state index in [1.54, 1.807) is 12.1 Å². The fraction of sp³-hybridized carbons (Fsp3) is 0.333. The lowest BCUT2D eigenvalue weighted by atomic mass is 9.84.